The lowest BCUT2D eigenvalue weighted by Gasteiger charge is -2.11. The largest absolute Gasteiger partial charge is 0.506 e. The van der Waals surface area contributed by atoms with Crippen LogP contribution in [0.2, 0.25) is 0 Å². The van der Waals surface area contributed by atoms with Crippen LogP contribution in [0.25, 0.3) is 0 Å². The second-order valence-electron chi connectivity index (χ2n) is 3.17. The van der Waals surface area contributed by atoms with Crippen molar-refractivity contribution in [2.45, 2.75) is 20.3 Å². The van der Waals surface area contributed by atoms with Gasteiger partial charge in [0.2, 0.25) is 0 Å². The van der Waals surface area contributed by atoms with Gasteiger partial charge in [0.05, 0.1) is 4.47 Å². The summed E-state index contributed by atoms with van der Waals surface area (Å²) in [6, 6.07) is 1.92. The SMILES string of the molecule is Cc1cc(Br)c(O)c(CCN)c1C. The summed E-state index contributed by atoms with van der Waals surface area (Å²) in [4.78, 5) is 0. The minimum atomic E-state index is 0.327. The maximum atomic E-state index is 9.73. The van der Waals surface area contributed by atoms with E-state index in [4.69, 9.17) is 5.73 Å². The standard InChI is InChI=1S/C10H14BrNO/c1-6-5-9(11)10(13)8(3-4-12)7(6)2/h5,13H,3-4,12H2,1-2H3. The van der Waals surface area contributed by atoms with Gasteiger partial charge in [-0.2, -0.15) is 0 Å². The summed E-state index contributed by atoms with van der Waals surface area (Å²) >= 11 is 3.31. The minimum Gasteiger partial charge on any atom is -0.506 e. The molecule has 13 heavy (non-hydrogen) atoms. The zero-order chi connectivity index (χ0) is 10.0. The third-order valence-corrected chi connectivity index (χ3v) is 2.90. The Morgan fingerprint density at radius 3 is 2.62 bits per heavy atom. The molecule has 0 heterocycles. The molecule has 0 aliphatic heterocycles. The van der Waals surface area contributed by atoms with E-state index in [0.717, 1.165) is 22.0 Å². The van der Waals surface area contributed by atoms with Crippen LogP contribution < -0.4 is 5.73 Å². The first-order valence-corrected chi connectivity index (χ1v) is 5.04. The lowest BCUT2D eigenvalue weighted by Crippen LogP contribution is -2.05. The molecule has 0 aliphatic carbocycles. The van der Waals surface area contributed by atoms with E-state index < -0.39 is 0 Å². The van der Waals surface area contributed by atoms with Crippen LogP contribution in [0.4, 0.5) is 0 Å². The fraction of sp³-hybridized carbons (Fsp3) is 0.400. The molecule has 0 bridgehead atoms. The Balaban J connectivity index is 3.28. The molecule has 2 nitrogen and oxygen atoms in total. The first-order chi connectivity index (χ1) is 6.07. The number of benzene rings is 1. The number of aryl methyl sites for hydroxylation is 1. The van der Waals surface area contributed by atoms with E-state index in [1.165, 1.54) is 5.56 Å². The molecule has 3 N–H and O–H groups in total. The molecule has 0 amide bonds. The number of rotatable bonds is 2. The normalized spacial score (nSPS) is 10.5. The highest BCUT2D eigenvalue weighted by atomic mass is 79.9. The first kappa shape index (κ1) is 10.5. The van der Waals surface area contributed by atoms with Gasteiger partial charge >= 0.3 is 0 Å². The Morgan fingerprint density at radius 1 is 1.46 bits per heavy atom. The van der Waals surface area contributed by atoms with Crippen molar-refractivity contribution in [2.24, 2.45) is 5.73 Å². The van der Waals surface area contributed by atoms with Crippen molar-refractivity contribution in [1.82, 2.24) is 0 Å². The van der Waals surface area contributed by atoms with Crippen LogP contribution in [-0.2, 0) is 6.42 Å². The summed E-state index contributed by atoms with van der Waals surface area (Å²) < 4.78 is 0.749. The Hall–Kier alpha value is -0.540. The second-order valence-corrected chi connectivity index (χ2v) is 4.02. The number of nitrogens with two attached hydrogens (primary N) is 1. The highest BCUT2D eigenvalue weighted by Crippen LogP contribution is 2.32. The van der Waals surface area contributed by atoms with Gasteiger partial charge in [-0.1, -0.05) is 0 Å². The maximum Gasteiger partial charge on any atom is 0.133 e. The van der Waals surface area contributed by atoms with Crippen LogP contribution >= 0.6 is 15.9 Å². The van der Waals surface area contributed by atoms with Crippen LogP contribution in [0.3, 0.4) is 0 Å². The Morgan fingerprint density at radius 2 is 2.08 bits per heavy atom. The van der Waals surface area contributed by atoms with Gasteiger partial charge < -0.3 is 10.8 Å². The lowest BCUT2D eigenvalue weighted by atomic mass is 10.00. The third-order valence-electron chi connectivity index (χ3n) is 2.29. The summed E-state index contributed by atoms with van der Waals surface area (Å²) in [7, 11) is 0. The topological polar surface area (TPSA) is 46.2 Å². The minimum absolute atomic E-state index is 0.327. The summed E-state index contributed by atoms with van der Waals surface area (Å²) in [6.45, 7) is 4.59. The van der Waals surface area contributed by atoms with Gasteiger partial charge in [0.15, 0.2) is 0 Å². The van der Waals surface area contributed by atoms with Gasteiger partial charge in [0.25, 0.3) is 0 Å². The van der Waals surface area contributed by atoms with Crippen molar-refractivity contribution in [1.29, 1.82) is 0 Å². The van der Waals surface area contributed by atoms with E-state index in [0.29, 0.717) is 12.3 Å². The van der Waals surface area contributed by atoms with Crippen molar-refractivity contribution in [3.63, 3.8) is 0 Å². The molecular formula is C10H14BrNO. The van der Waals surface area contributed by atoms with Crippen LogP contribution in [-0.4, -0.2) is 11.7 Å². The van der Waals surface area contributed by atoms with Crippen LogP contribution in [0, 0.1) is 13.8 Å². The summed E-state index contributed by atoms with van der Waals surface area (Å²) in [5.74, 6) is 0.327. The highest BCUT2D eigenvalue weighted by molar-refractivity contribution is 9.10. The molecule has 1 rings (SSSR count). The van der Waals surface area contributed by atoms with E-state index in [1.54, 1.807) is 0 Å². The Kier molecular flexibility index (Phi) is 3.33. The monoisotopic (exact) mass is 243 g/mol. The molecule has 0 saturated carbocycles. The van der Waals surface area contributed by atoms with Gasteiger partial charge in [-0.15, -0.1) is 0 Å². The van der Waals surface area contributed by atoms with E-state index in [9.17, 15) is 5.11 Å². The molecule has 0 aromatic heterocycles. The molecule has 0 unspecified atom stereocenters. The third kappa shape index (κ3) is 2.03. The summed E-state index contributed by atoms with van der Waals surface area (Å²) in [5.41, 5.74) is 8.73. The predicted octanol–water partition coefficient (Wildman–Crippen LogP) is 2.27. The number of halogens is 1. The maximum absolute atomic E-state index is 9.73. The van der Waals surface area contributed by atoms with Gasteiger partial charge in [-0.3, -0.25) is 0 Å². The molecule has 3 heteroatoms. The molecule has 0 spiro atoms. The van der Waals surface area contributed by atoms with Crippen molar-refractivity contribution >= 4 is 15.9 Å². The summed E-state index contributed by atoms with van der Waals surface area (Å²) in [5, 5.41) is 9.73. The predicted molar refractivity (Wildman–Crippen MR) is 58.0 cm³/mol. The molecule has 0 saturated heterocycles. The van der Waals surface area contributed by atoms with Crippen LogP contribution in [0.15, 0.2) is 10.5 Å². The molecule has 0 aliphatic rings. The number of hydrogen-bond donors (Lipinski definition) is 2. The summed E-state index contributed by atoms with van der Waals surface area (Å²) in [6.07, 6.45) is 0.720. The van der Waals surface area contributed by atoms with Crippen molar-refractivity contribution in [3.8, 4) is 5.75 Å². The van der Waals surface area contributed by atoms with E-state index in [2.05, 4.69) is 15.9 Å². The number of phenols is 1. The molecule has 0 radical (unpaired) electrons. The van der Waals surface area contributed by atoms with E-state index in [-0.39, 0.29) is 0 Å². The molecular weight excluding hydrogens is 230 g/mol. The van der Waals surface area contributed by atoms with Crippen molar-refractivity contribution in [3.05, 3.63) is 27.2 Å². The molecule has 0 fully saturated rings. The number of hydrogen-bond acceptors (Lipinski definition) is 2. The number of phenolic OH excluding ortho intramolecular Hbond substituents is 1. The number of aromatic hydroxyl groups is 1. The molecule has 1 aromatic rings. The Labute approximate surface area is 86.9 Å². The second kappa shape index (κ2) is 4.11. The van der Waals surface area contributed by atoms with Gasteiger partial charge in [-0.25, -0.2) is 0 Å². The van der Waals surface area contributed by atoms with Crippen LogP contribution in [0.5, 0.6) is 5.75 Å². The molecule has 1 aromatic carbocycles. The van der Waals surface area contributed by atoms with Crippen LogP contribution in [0.1, 0.15) is 16.7 Å². The zero-order valence-electron chi connectivity index (χ0n) is 7.89. The van der Waals surface area contributed by atoms with Gasteiger partial charge in [0, 0.05) is 0 Å². The fourth-order valence-corrected chi connectivity index (χ4v) is 1.96. The van der Waals surface area contributed by atoms with E-state index >= 15 is 0 Å². The van der Waals surface area contributed by atoms with E-state index in [1.807, 2.05) is 19.9 Å². The molecule has 0 atom stereocenters. The van der Waals surface area contributed by atoms with Gasteiger partial charge in [0.1, 0.15) is 5.75 Å². The van der Waals surface area contributed by atoms with Gasteiger partial charge in [-0.05, 0) is 65.5 Å². The average molecular weight is 244 g/mol. The smallest absolute Gasteiger partial charge is 0.133 e. The molecule has 72 valence electrons. The highest BCUT2D eigenvalue weighted by Gasteiger charge is 2.10. The zero-order valence-corrected chi connectivity index (χ0v) is 9.48. The van der Waals surface area contributed by atoms with Crippen molar-refractivity contribution < 1.29 is 5.11 Å². The quantitative estimate of drug-likeness (QED) is 0.838. The van der Waals surface area contributed by atoms with Crippen molar-refractivity contribution in [2.75, 3.05) is 6.54 Å². The lowest BCUT2D eigenvalue weighted by molar-refractivity contribution is 0.464. The fourth-order valence-electron chi connectivity index (χ4n) is 1.38. The average Bonchev–Trinajstić information content (AvgIpc) is 2.09. The first-order valence-electron chi connectivity index (χ1n) is 4.25. The Bertz CT molecular complexity index is 297.